The third kappa shape index (κ3) is 4.46. The normalized spacial score (nSPS) is 11.1. The Balaban J connectivity index is 2.68. The molecule has 4 N–H and O–H groups in total. The van der Waals surface area contributed by atoms with Crippen molar-refractivity contribution < 1.29 is 19.5 Å². The molecule has 0 atom stereocenters. The summed E-state index contributed by atoms with van der Waals surface area (Å²) in [5.41, 5.74) is 4.35. The summed E-state index contributed by atoms with van der Waals surface area (Å²) in [5, 5.41) is 11.5. The van der Waals surface area contributed by atoms with E-state index in [1.807, 2.05) is 0 Å². The van der Waals surface area contributed by atoms with Crippen molar-refractivity contribution in [1.82, 2.24) is 9.88 Å². The van der Waals surface area contributed by atoms with Crippen LogP contribution in [-0.4, -0.2) is 33.0 Å². The fourth-order valence-corrected chi connectivity index (χ4v) is 1.80. The van der Waals surface area contributed by atoms with Crippen LogP contribution in [0.2, 0.25) is 0 Å². The lowest BCUT2D eigenvalue weighted by Crippen LogP contribution is -2.47. The Kier molecular flexibility index (Phi) is 4.31. The van der Waals surface area contributed by atoms with E-state index in [1.54, 1.807) is 19.9 Å². The second-order valence-corrected chi connectivity index (χ2v) is 4.90. The molecule has 0 aliphatic carbocycles. The van der Waals surface area contributed by atoms with Crippen LogP contribution >= 0.6 is 0 Å². The van der Waals surface area contributed by atoms with Gasteiger partial charge in [-0.05, 0) is 26.0 Å². The van der Waals surface area contributed by atoms with E-state index >= 15 is 0 Å². The zero-order chi connectivity index (χ0) is 14.6. The van der Waals surface area contributed by atoms with Crippen LogP contribution in [0.3, 0.4) is 0 Å². The van der Waals surface area contributed by atoms with E-state index in [1.165, 1.54) is 16.8 Å². The predicted molar refractivity (Wildman–Crippen MR) is 67.4 cm³/mol. The van der Waals surface area contributed by atoms with Crippen molar-refractivity contribution in [1.29, 1.82) is 0 Å². The fourth-order valence-electron chi connectivity index (χ4n) is 1.80. The van der Waals surface area contributed by atoms with Crippen LogP contribution in [0.15, 0.2) is 18.3 Å². The SMILES string of the molecule is CC(C)(CC(N)=O)NC(=O)Cn1cccc1C(=O)O. The molecule has 1 rings (SSSR count). The number of rotatable bonds is 6. The topological polar surface area (TPSA) is 114 Å². The minimum Gasteiger partial charge on any atom is -0.477 e. The molecule has 104 valence electrons. The summed E-state index contributed by atoms with van der Waals surface area (Å²) in [4.78, 5) is 33.5. The van der Waals surface area contributed by atoms with Gasteiger partial charge in [0, 0.05) is 18.2 Å². The lowest BCUT2D eigenvalue weighted by Gasteiger charge is -2.25. The lowest BCUT2D eigenvalue weighted by atomic mass is 10.0. The van der Waals surface area contributed by atoms with Gasteiger partial charge in [-0.3, -0.25) is 9.59 Å². The first-order valence-corrected chi connectivity index (χ1v) is 5.69. The first-order chi connectivity index (χ1) is 8.71. The van der Waals surface area contributed by atoms with Gasteiger partial charge in [0.15, 0.2) is 0 Å². The molecule has 0 saturated heterocycles. The van der Waals surface area contributed by atoms with Crippen LogP contribution in [0.4, 0.5) is 0 Å². The van der Waals surface area contributed by atoms with E-state index < -0.39 is 17.4 Å². The van der Waals surface area contributed by atoms with Gasteiger partial charge in [-0.15, -0.1) is 0 Å². The van der Waals surface area contributed by atoms with Crippen molar-refractivity contribution in [2.24, 2.45) is 5.73 Å². The van der Waals surface area contributed by atoms with Crippen molar-refractivity contribution in [3.05, 3.63) is 24.0 Å². The minimum absolute atomic E-state index is 0.0101. The lowest BCUT2D eigenvalue weighted by molar-refractivity contribution is -0.124. The van der Waals surface area contributed by atoms with E-state index in [0.717, 1.165) is 0 Å². The minimum atomic E-state index is -1.10. The highest BCUT2D eigenvalue weighted by molar-refractivity contribution is 5.87. The number of hydrogen-bond acceptors (Lipinski definition) is 3. The zero-order valence-electron chi connectivity index (χ0n) is 10.8. The van der Waals surface area contributed by atoms with Gasteiger partial charge in [0.1, 0.15) is 12.2 Å². The highest BCUT2D eigenvalue weighted by atomic mass is 16.4. The molecule has 0 fully saturated rings. The number of carboxylic acids is 1. The maximum atomic E-state index is 11.8. The van der Waals surface area contributed by atoms with Crippen molar-refractivity contribution in [2.75, 3.05) is 0 Å². The van der Waals surface area contributed by atoms with Crippen LogP contribution in [0.25, 0.3) is 0 Å². The molecule has 0 bridgehead atoms. The number of nitrogens with zero attached hydrogens (tertiary/aromatic N) is 1. The highest BCUT2D eigenvalue weighted by Crippen LogP contribution is 2.08. The Morgan fingerprint density at radius 1 is 1.42 bits per heavy atom. The van der Waals surface area contributed by atoms with Gasteiger partial charge in [0.25, 0.3) is 0 Å². The van der Waals surface area contributed by atoms with Gasteiger partial charge in [-0.25, -0.2) is 4.79 Å². The first-order valence-electron chi connectivity index (χ1n) is 5.69. The number of carbonyl (C=O) groups excluding carboxylic acids is 2. The Labute approximate surface area is 110 Å². The number of aromatic carboxylic acids is 1. The van der Waals surface area contributed by atoms with Gasteiger partial charge < -0.3 is 20.7 Å². The maximum absolute atomic E-state index is 11.8. The molecule has 0 aromatic carbocycles. The van der Waals surface area contributed by atoms with E-state index in [9.17, 15) is 14.4 Å². The van der Waals surface area contributed by atoms with Gasteiger partial charge in [-0.1, -0.05) is 0 Å². The van der Waals surface area contributed by atoms with Crippen LogP contribution < -0.4 is 11.1 Å². The molecular weight excluding hydrogens is 250 g/mol. The molecule has 1 heterocycles. The molecule has 7 nitrogen and oxygen atoms in total. The van der Waals surface area contributed by atoms with Crippen LogP contribution in [0.5, 0.6) is 0 Å². The van der Waals surface area contributed by atoms with E-state index in [0.29, 0.717) is 0 Å². The Morgan fingerprint density at radius 3 is 2.58 bits per heavy atom. The molecule has 0 aliphatic heterocycles. The number of aromatic nitrogens is 1. The molecule has 0 aliphatic rings. The van der Waals surface area contributed by atoms with Crippen molar-refractivity contribution in [2.45, 2.75) is 32.4 Å². The van der Waals surface area contributed by atoms with Crippen molar-refractivity contribution in [3.63, 3.8) is 0 Å². The van der Waals surface area contributed by atoms with Gasteiger partial charge in [0.05, 0.1) is 0 Å². The number of primary amides is 1. The predicted octanol–water partition coefficient (Wildman–Crippen LogP) is -0.0435. The fraction of sp³-hybridized carbons (Fsp3) is 0.417. The number of amides is 2. The summed E-state index contributed by atoms with van der Waals surface area (Å²) in [6.45, 7) is 3.21. The third-order valence-corrected chi connectivity index (χ3v) is 2.46. The van der Waals surface area contributed by atoms with E-state index in [2.05, 4.69) is 5.32 Å². The molecule has 0 unspecified atom stereocenters. The van der Waals surface area contributed by atoms with Crippen molar-refractivity contribution >= 4 is 17.8 Å². The average molecular weight is 267 g/mol. The molecule has 0 spiro atoms. The third-order valence-electron chi connectivity index (χ3n) is 2.46. The number of carboxylic acid groups (broad SMARTS) is 1. The van der Waals surface area contributed by atoms with Gasteiger partial charge in [-0.2, -0.15) is 0 Å². The molecule has 1 aromatic heterocycles. The monoisotopic (exact) mass is 267 g/mol. The molecule has 7 heteroatoms. The second-order valence-electron chi connectivity index (χ2n) is 4.90. The summed E-state index contributed by atoms with van der Waals surface area (Å²) >= 11 is 0. The Hall–Kier alpha value is -2.31. The summed E-state index contributed by atoms with van der Waals surface area (Å²) in [6.07, 6.45) is 1.51. The highest BCUT2D eigenvalue weighted by Gasteiger charge is 2.23. The zero-order valence-corrected chi connectivity index (χ0v) is 10.8. The molecule has 19 heavy (non-hydrogen) atoms. The molecule has 1 aromatic rings. The largest absolute Gasteiger partial charge is 0.477 e. The van der Waals surface area contributed by atoms with Gasteiger partial charge >= 0.3 is 5.97 Å². The summed E-state index contributed by atoms with van der Waals surface area (Å²) in [5.74, 6) is -2.00. The molecule has 0 radical (unpaired) electrons. The van der Waals surface area contributed by atoms with Gasteiger partial charge in [0.2, 0.25) is 11.8 Å². The standard InChI is InChI=1S/C12H17N3O4/c1-12(2,6-9(13)16)14-10(17)7-15-5-3-4-8(15)11(18)19/h3-5H,6-7H2,1-2H3,(H2,13,16)(H,14,17)(H,18,19). The van der Waals surface area contributed by atoms with E-state index in [4.69, 9.17) is 10.8 Å². The van der Waals surface area contributed by atoms with Crippen LogP contribution in [0.1, 0.15) is 30.8 Å². The van der Waals surface area contributed by atoms with Crippen LogP contribution in [0, 0.1) is 0 Å². The number of nitrogens with one attached hydrogen (secondary N) is 1. The van der Waals surface area contributed by atoms with Crippen molar-refractivity contribution in [3.8, 4) is 0 Å². The summed E-state index contributed by atoms with van der Waals surface area (Å²) in [6, 6.07) is 2.95. The Bertz CT molecular complexity index is 505. The van der Waals surface area contributed by atoms with Crippen LogP contribution in [-0.2, 0) is 16.1 Å². The quantitative estimate of drug-likeness (QED) is 0.670. The second kappa shape index (κ2) is 5.55. The molecule has 0 saturated carbocycles. The summed E-state index contributed by atoms with van der Waals surface area (Å²) < 4.78 is 1.32. The first kappa shape index (κ1) is 14.7. The smallest absolute Gasteiger partial charge is 0.352 e. The molecule has 2 amide bonds. The molecular formula is C12H17N3O4. The number of hydrogen-bond donors (Lipinski definition) is 3. The summed E-state index contributed by atoms with van der Waals surface area (Å²) in [7, 11) is 0. The Morgan fingerprint density at radius 2 is 2.05 bits per heavy atom. The van der Waals surface area contributed by atoms with E-state index in [-0.39, 0.29) is 24.6 Å². The maximum Gasteiger partial charge on any atom is 0.352 e. The average Bonchev–Trinajstić information content (AvgIpc) is 2.61. The number of carbonyl (C=O) groups is 3. The number of nitrogens with two attached hydrogens (primary N) is 1.